The van der Waals surface area contributed by atoms with Crippen LogP contribution in [-0.2, 0) is 16.1 Å². The molecular weight excluding hydrogens is 514 g/mol. The lowest BCUT2D eigenvalue weighted by atomic mass is 10.0. The van der Waals surface area contributed by atoms with Gasteiger partial charge in [-0.3, -0.25) is 15.6 Å². The molecule has 9 heteroatoms. The van der Waals surface area contributed by atoms with Crippen molar-refractivity contribution in [3.63, 3.8) is 0 Å². The summed E-state index contributed by atoms with van der Waals surface area (Å²) < 4.78 is 7.14. The molecule has 4 N–H and O–H groups in total. The monoisotopic (exact) mass is 553 g/mol. The molecular formula is C32H39N7O2. The number of nitrogen functional groups attached to an aromatic ring is 1. The van der Waals surface area contributed by atoms with E-state index in [1.807, 2.05) is 32.0 Å². The molecule has 0 atom stereocenters. The standard InChI is InChI=1S/C32H39N7O2/c1-21(33)37-15-12-27(13-16-37)38(14-4-5-31(40)41-3)28-10-11-29-30(19-28)39(22(2)36-29)20-23-6-7-24-8-9-25(32(34)35)18-26(24)17-23/h6-11,17-19,27,33H,4-5,12-16,20H2,1-3H3,(H3,34,35). The van der Waals surface area contributed by atoms with Gasteiger partial charge in [-0.25, -0.2) is 4.98 Å². The molecule has 0 aliphatic carbocycles. The van der Waals surface area contributed by atoms with E-state index in [-0.39, 0.29) is 11.8 Å². The summed E-state index contributed by atoms with van der Waals surface area (Å²) in [6, 6.07) is 19.1. The number of hydrogen-bond acceptors (Lipinski definition) is 6. The largest absolute Gasteiger partial charge is 0.469 e. The maximum atomic E-state index is 11.9. The second kappa shape index (κ2) is 12.0. The van der Waals surface area contributed by atoms with Gasteiger partial charge < -0.3 is 24.8 Å². The fourth-order valence-corrected chi connectivity index (χ4v) is 5.89. The Morgan fingerprint density at radius 2 is 1.83 bits per heavy atom. The number of fused-ring (bicyclic) bond motifs is 2. The van der Waals surface area contributed by atoms with Crippen LogP contribution in [0.4, 0.5) is 5.69 Å². The van der Waals surface area contributed by atoms with Gasteiger partial charge in [0, 0.05) is 49.9 Å². The Balaban J connectivity index is 1.45. The Bertz CT molecular complexity index is 1600. The molecule has 0 saturated carbocycles. The van der Waals surface area contributed by atoms with Crippen LogP contribution >= 0.6 is 0 Å². The maximum Gasteiger partial charge on any atom is 0.305 e. The van der Waals surface area contributed by atoms with Gasteiger partial charge in [-0.05, 0) is 79.8 Å². The number of amidine groups is 2. The molecule has 0 spiro atoms. The highest BCUT2D eigenvalue weighted by Gasteiger charge is 2.26. The number of rotatable bonds is 9. The van der Waals surface area contributed by atoms with E-state index in [4.69, 9.17) is 26.3 Å². The van der Waals surface area contributed by atoms with E-state index in [1.54, 1.807) is 0 Å². The number of nitrogens with two attached hydrogens (primary N) is 1. The quantitative estimate of drug-likeness (QED) is 0.151. The van der Waals surface area contributed by atoms with Crippen LogP contribution in [0.25, 0.3) is 21.8 Å². The van der Waals surface area contributed by atoms with E-state index in [1.165, 1.54) is 7.11 Å². The molecule has 0 unspecified atom stereocenters. The van der Waals surface area contributed by atoms with E-state index in [9.17, 15) is 4.79 Å². The van der Waals surface area contributed by atoms with Crippen LogP contribution in [0, 0.1) is 17.7 Å². The third-order valence-corrected chi connectivity index (χ3v) is 8.20. The Hall–Kier alpha value is -4.40. The van der Waals surface area contributed by atoms with Crippen molar-refractivity contribution in [1.82, 2.24) is 14.5 Å². The van der Waals surface area contributed by atoms with Gasteiger partial charge in [0.2, 0.25) is 0 Å². The predicted molar refractivity (Wildman–Crippen MR) is 165 cm³/mol. The number of nitrogens with zero attached hydrogens (tertiary/aromatic N) is 4. The van der Waals surface area contributed by atoms with Crippen LogP contribution in [-0.4, -0.2) is 64.9 Å². The number of piperidine rings is 1. The van der Waals surface area contributed by atoms with E-state index in [0.29, 0.717) is 31.3 Å². The molecule has 5 rings (SSSR count). The summed E-state index contributed by atoms with van der Waals surface area (Å²) in [5.74, 6) is 1.44. The van der Waals surface area contributed by atoms with Crippen LogP contribution < -0.4 is 10.6 Å². The molecule has 0 amide bonds. The van der Waals surface area contributed by atoms with Gasteiger partial charge in [0.1, 0.15) is 11.7 Å². The van der Waals surface area contributed by atoms with Crippen LogP contribution in [0.3, 0.4) is 0 Å². The van der Waals surface area contributed by atoms with E-state index in [0.717, 1.165) is 76.9 Å². The number of aromatic nitrogens is 2. The minimum absolute atomic E-state index is 0.0658. The second-order valence-electron chi connectivity index (χ2n) is 10.9. The second-order valence-corrected chi connectivity index (χ2v) is 10.9. The number of hydrogen-bond donors (Lipinski definition) is 3. The topological polar surface area (TPSA) is 124 Å². The van der Waals surface area contributed by atoms with Gasteiger partial charge >= 0.3 is 5.97 Å². The molecule has 214 valence electrons. The summed E-state index contributed by atoms with van der Waals surface area (Å²) in [5, 5.41) is 18.0. The molecule has 1 aliphatic heterocycles. The SMILES string of the molecule is COC(=O)CCCN(c1ccc2nc(C)n(Cc3ccc4ccc(C(=N)N)cc4c3)c2c1)C1CCN(C(C)=N)CC1. The molecule has 1 fully saturated rings. The molecule has 0 radical (unpaired) electrons. The number of nitrogens with one attached hydrogen (secondary N) is 2. The molecule has 1 aliphatic rings. The number of ether oxygens (including phenoxy) is 1. The van der Waals surface area contributed by atoms with Gasteiger partial charge in [-0.15, -0.1) is 0 Å². The van der Waals surface area contributed by atoms with Crippen molar-refractivity contribution >= 4 is 45.1 Å². The average molecular weight is 554 g/mol. The third-order valence-electron chi connectivity index (χ3n) is 8.20. The molecule has 9 nitrogen and oxygen atoms in total. The number of aryl methyl sites for hydroxylation is 1. The normalized spacial score (nSPS) is 14.0. The summed E-state index contributed by atoms with van der Waals surface area (Å²) in [4.78, 5) is 21.3. The number of esters is 1. The van der Waals surface area contributed by atoms with Crippen LogP contribution in [0.5, 0.6) is 0 Å². The highest BCUT2D eigenvalue weighted by molar-refractivity contribution is 5.99. The Morgan fingerprint density at radius 1 is 1.07 bits per heavy atom. The fourth-order valence-electron chi connectivity index (χ4n) is 5.89. The first kappa shape index (κ1) is 28.1. The minimum Gasteiger partial charge on any atom is -0.469 e. The van der Waals surface area contributed by atoms with Gasteiger partial charge in [-0.2, -0.15) is 0 Å². The summed E-state index contributed by atoms with van der Waals surface area (Å²) in [6.45, 7) is 7.04. The summed E-state index contributed by atoms with van der Waals surface area (Å²) in [7, 11) is 1.44. The van der Waals surface area contributed by atoms with Crippen LogP contribution in [0.2, 0.25) is 0 Å². The zero-order valence-corrected chi connectivity index (χ0v) is 24.1. The number of imidazole rings is 1. The van der Waals surface area contributed by atoms with Gasteiger partial charge in [0.25, 0.3) is 0 Å². The number of carbonyl (C=O) groups is 1. The van der Waals surface area contributed by atoms with E-state index >= 15 is 0 Å². The molecule has 1 aromatic heterocycles. The van der Waals surface area contributed by atoms with Crippen molar-refractivity contribution in [2.24, 2.45) is 5.73 Å². The molecule has 41 heavy (non-hydrogen) atoms. The van der Waals surface area contributed by atoms with Gasteiger partial charge in [0.05, 0.1) is 24.0 Å². The van der Waals surface area contributed by atoms with Gasteiger partial charge in [-0.1, -0.05) is 24.3 Å². The van der Waals surface area contributed by atoms with Crippen molar-refractivity contribution in [3.8, 4) is 0 Å². The number of likely N-dealkylation sites (tertiary alicyclic amines) is 1. The predicted octanol–water partition coefficient (Wildman–Crippen LogP) is 5.05. The first-order valence-corrected chi connectivity index (χ1v) is 14.2. The summed E-state index contributed by atoms with van der Waals surface area (Å²) in [6.07, 6.45) is 3.03. The zero-order chi connectivity index (χ0) is 29.1. The van der Waals surface area contributed by atoms with E-state index < -0.39 is 0 Å². The lowest BCUT2D eigenvalue weighted by Gasteiger charge is -2.40. The fraction of sp³-hybridized carbons (Fsp3) is 0.375. The molecule has 3 aromatic carbocycles. The van der Waals surface area contributed by atoms with Crippen molar-refractivity contribution < 1.29 is 9.53 Å². The molecule has 2 heterocycles. The Labute approximate surface area is 240 Å². The van der Waals surface area contributed by atoms with Crippen molar-refractivity contribution in [2.75, 3.05) is 31.6 Å². The number of carbonyl (C=O) groups excluding carboxylic acids is 1. The number of anilines is 1. The van der Waals surface area contributed by atoms with Crippen molar-refractivity contribution in [2.45, 2.75) is 52.1 Å². The summed E-state index contributed by atoms with van der Waals surface area (Å²) in [5.41, 5.74) is 10.7. The third kappa shape index (κ3) is 6.19. The lowest BCUT2D eigenvalue weighted by molar-refractivity contribution is -0.140. The van der Waals surface area contributed by atoms with Crippen LogP contribution in [0.15, 0.2) is 54.6 Å². The van der Waals surface area contributed by atoms with Crippen molar-refractivity contribution in [3.05, 3.63) is 71.5 Å². The Morgan fingerprint density at radius 3 is 2.54 bits per heavy atom. The number of methoxy groups -OCH3 is 1. The summed E-state index contributed by atoms with van der Waals surface area (Å²) >= 11 is 0. The first-order chi connectivity index (χ1) is 19.7. The lowest BCUT2D eigenvalue weighted by Crippen LogP contribution is -2.46. The van der Waals surface area contributed by atoms with Crippen molar-refractivity contribution in [1.29, 1.82) is 10.8 Å². The first-order valence-electron chi connectivity index (χ1n) is 14.2. The molecule has 1 saturated heterocycles. The van der Waals surface area contributed by atoms with Gasteiger partial charge in [0.15, 0.2) is 0 Å². The average Bonchev–Trinajstić information content (AvgIpc) is 3.28. The Kier molecular flexibility index (Phi) is 8.23. The highest BCUT2D eigenvalue weighted by Crippen LogP contribution is 2.29. The zero-order valence-electron chi connectivity index (χ0n) is 24.1. The maximum absolute atomic E-state index is 11.9. The highest BCUT2D eigenvalue weighted by atomic mass is 16.5. The minimum atomic E-state index is -0.186. The van der Waals surface area contributed by atoms with Crippen LogP contribution in [0.1, 0.15) is 49.6 Å². The number of benzene rings is 3. The molecule has 4 aromatic rings. The molecule has 0 bridgehead atoms. The van der Waals surface area contributed by atoms with E-state index in [2.05, 4.69) is 50.8 Å². The smallest absolute Gasteiger partial charge is 0.305 e.